The van der Waals surface area contributed by atoms with E-state index in [9.17, 15) is 0 Å². The van der Waals surface area contributed by atoms with Gasteiger partial charge in [0.1, 0.15) is 0 Å². The molecule has 0 bridgehead atoms. The van der Waals surface area contributed by atoms with Gasteiger partial charge >= 0.3 is 0 Å². The average Bonchev–Trinajstić information content (AvgIpc) is 2.26. The Bertz CT molecular complexity index is 141. The fourth-order valence-corrected chi connectivity index (χ4v) is 2.21. The van der Waals surface area contributed by atoms with Gasteiger partial charge in [-0.25, -0.2) is 0 Å². The van der Waals surface area contributed by atoms with Crippen molar-refractivity contribution in [2.75, 3.05) is 6.61 Å². The van der Waals surface area contributed by atoms with Gasteiger partial charge in [-0.3, -0.25) is 0 Å². The second-order valence-corrected chi connectivity index (χ2v) is 4.82. The van der Waals surface area contributed by atoms with Gasteiger partial charge in [0.2, 0.25) is 0 Å². The molecule has 0 spiro atoms. The fourth-order valence-electron chi connectivity index (χ4n) is 2.21. The number of ether oxygens (including phenoxy) is 1. The molecule has 0 radical (unpaired) electrons. The van der Waals surface area contributed by atoms with Crippen LogP contribution in [-0.2, 0) is 4.74 Å². The molecule has 2 nitrogen and oxygen atoms in total. The average molecular weight is 213 g/mol. The van der Waals surface area contributed by atoms with Gasteiger partial charge in [-0.1, -0.05) is 32.6 Å². The topological polar surface area (TPSA) is 35.2 Å². The maximum atomic E-state index is 5.86. The van der Waals surface area contributed by atoms with E-state index in [1.807, 2.05) is 0 Å². The van der Waals surface area contributed by atoms with E-state index in [0.29, 0.717) is 12.1 Å². The molecule has 0 aromatic rings. The summed E-state index contributed by atoms with van der Waals surface area (Å²) in [6, 6.07) is 0.439. The van der Waals surface area contributed by atoms with Crippen molar-refractivity contribution >= 4 is 0 Å². The maximum Gasteiger partial charge on any atom is 0.0576 e. The standard InChI is InChI=1S/C13H27NO/c1-2-3-4-5-6-11-15-13-9-7-12(14)8-10-13/h12-13H,2-11,14H2,1H3. The van der Waals surface area contributed by atoms with Gasteiger partial charge in [-0.05, 0) is 32.1 Å². The third-order valence-corrected chi connectivity index (χ3v) is 3.32. The highest BCUT2D eigenvalue weighted by atomic mass is 16.5. The van der Waals surface area contributed by atoms with Crippen molar-refractivity contribution in [2.24, 2.45) is 5.73 Å². The minimum absolute atomic E-state index is 0.439. The van der Waals surface area contributed by atoms with E-state index >= 15 is 0 Å². The molecule has 1 aliphatic carbocycles. The molecule has 1 fully saturated rings. The van der Waals surface area contributed by atoms with E-state index in [0.717, 1.165) is 19.4 Å². The third kappa shape index (κ3) is 6.16. The molecular weight excluding hydrogens is 186 g/mol. The van der Waals surface area contributed by atoms with Gasteiger partial charge in [0, 0.05) is 12.6 Å². The summed E-state index contributed by atoms with van der Waals surface area (Å²) in [6.45, 7) is 3.21. The number of hydrogen-bond acceptors (Lipinski definition) is 2. The zero-order chi connectivity index (χ0) is 10.9. The second-order valence-electron chi connectivity index (χ2n) is 4.82. The Morgan fingerprint density at radius 2 is 1.67 bits per heavy atom. The van der Waals surface area contributed by atoms with Crippen molar-refractivity contribution in [3.63, 3.8) is 0 Å². The van der Waals surface area contributed by atoms with Gasteiger partial charge in [0.05, 0.1) is 6.10 Å². The molecule has 0 unspecified atom stereocenters. The quantitative estimate of drug-likeness (QED) is 0.659. The molecule has 90 valence electrons. The molecule has 0 aromatic heterocycles. The van der Waals surface area contributed by atoms with E-state index in [2.05, 4.69) is 6.92 Å². The SMILES string of the molecule is CCCCCCCOC1CCC(N)CC1. The van der Waals surface area contributed by atoms with Crippen molar-refractivity contribution in [2.45, 2.75) is 76.9 Å². The lowest BCUT2D eigenvalue weighted by Crippen LogP contribution is -2.30. The molecule has 0 aliphatic heterocycles. The first-order valence-corrected chi connectivity index (χ1v) is 6.70. The lowest BCUT2D eigenvalue weighted by Gasteiger charge is -2.26. The highest BCUT2D eigenvalue weighted by Crippen LogP contribution is 2.20. The summed E-state index contributed by atoms with van der Waals surface area (Å²) >= 11 is 0. The van der Waals surface area contributed by atoms with Crippen molar-refractivity contribution in [3.8, 4) is 0 Å². The Balaban J connectivity index is 1.87. The largest absolute Gasteiger partial charge is 0.378 e. The van der Waals surface area contributed by atoms with Gasteiger partial charge < -0.3 is 10.5 Å². The van der Waals surface area contributed by atoms with Crippen molar-refractivity contribution in [3.05, 3.63) is 0 Å². The predicted molar refractivity (Wildman–Crippen MR) is 64.9 cm³/mol. The summed E-state index contributed by atoms with van der Waals surface area (Å²) in [5.74, 6) is 0. The van der Waals surface area contributed by atoms with Crippen LogP contribution in [0.3, 0.4) is 0 Å². The van der Waals surface area contributed by atoms with Crippen LogP contribution >= 0.6 is 0 Å². The van der Waals surface area contributed by atoms with Gasteiger partial charge in [0.25, 0.3) is 0 Å². The number of hydrogen-bond donors (Lipinski definition) is 1. The van der Waals surface area contributed by atoms with Crippen LogP contribution in [0.4, 0.5) is 0 Å². The number of unbranched alkanes of at least 4 members (excludes halogenated alkanes) is 4. The van der Waals surface area contributed by atoms with E-state index in [1.54, 1.807) is 0 Å². The molecule has 2 N–H and O–H groups in total. The lowest BCUT2D eigenvalue weighted by molar-refractivity contribution is 0.0231. The number of nitrogens with two attached hydrogens (primary N) is 1. The third-order valence-electron chi connectivity index (χ3n) is 3.32. The molecule has 1 aliphatic rings. The monoisotopic (exact) mass is 213 g/mol. The highest BCUT2D eigenvalue weighted by Gasteiger charge is 2.18. The predicted octanol–water partition coefficient (Wildman–Crippen LogP) is 3.24. The Morgan fingerprint density at radius 3 is 2.33 bits per heavy atom. The molecule has 1 rings (SSSR count). The molecule has 15 heavy (non-hydrogen) atoms. The molecule has 0 atom stereocenters. The zero-order valence-electron chi connectivity index (χ0n) is 10.2. The van der Waals surface area contributed by atoms with Crippen LogP contribution in [0.2, 0.25) is 0 Å². The molecule has 0 saturated heterocycles. The van der Waals surface area contributed by atoms with Crippen LogP contribution in [-0.4, -0.2) is 18.8 Å². The van der Waals surface area contributed by atoms with Crippen LogP contribution in [0.1, 0.15) is 64.7 Å². The molecule has 0 heterocycles. The van der Waals surface area contributed by atoms with Crippen LogP contribution in [0, 0.1) is 0 Å². The first-order chi connectivity index (χ1) is 7.33. The molecule has 0 aromatic carbocycles. The van der Waals surface area contributed by atoms with Crippen LogP contribution in [0.25, 0.3) is 0 Å². The van der Waals surface area contributed by atoms with Crippen LogP contribution in [0.5, 0.6) is 0 Å². The smallest absolute Gasteiger partial charge is 0.0576 e. The summed E-state index contributed by atoms with van der Waals surface area (Å²) in [4.78, 5) is 0. The van der Waals surface area contributed by atoms with E-state index in [-0.39, 0.29) is 0 Å². The fraction of sp³-hybridized carbons (Fsp3) is 1.00. The van der Waals surface area contributed by atoms with Crippen molar-refractivity contribution in [1.29, 1.82) is 0 Å². The Hall–Kier alpha value is -0.0800. The normalized spacial score (nSPS) is 26.8. The highest BCUT2D eigenvalue weighted by molar-refractivity contribution is 4.74. The Labute approximate surface area is 94.6 Å². The summed E-state index contributed by atoms with van der Waals surface area (Å²) in [6.07, 6.45) is 11.8. The van der Waals surface area contributed by atoms with Crippen LogP contribution in [0.15, 0.2) is 0 Å². The summed E-state index contributed by atoms with van der Waals surface area (Å²) in [5, 5.41) is 0. The molecular formula is C13H27NO. The summed E-state index contributed by atoms with van der Waals surface area (Å²) in [5.41, 5.74) is 5.85. The minimum atomic E-state index is 0.439. The molecule has 1 saturated carbocycles. The van der Waals surface area contributed by atoms with Crippen molar-refractivity contribution < 1.29 is 4.74 Å². The van der Waals surface area contributed by atoms with Crippen molar-refractivity contribution in [1.82, 2.24) is 0 Å². The first kappa shape index (κ1) is 13.0. The lowest BCUT2D eigenvalue weighted by atomic mass is 9.94. The minimum Gasteiger partial charge on any atom is -0.378 e. The van der Waals surface area contributed by atoms with Gasteiger partial charge in [-0.15, -0.1) is 0 Å². The van der Waals surface area contributed by atoms with E-state index < -0.39 is 0 Å². The van der Waals surface area contributed by atoms with E-state index in [1.165, 1.54) is 44.9 Å². The van der Waals surface area contributed by atoms with E-state index in [4.69, 9.17) is 10.5 Å². The Morgan fingerprint density at radius 1 is 1.00 bits per heavy atom. The number of rotatable bonds is 7. The van der Waals surface area contributed by atoms with Crippen LogP contribution < -0.4 is 5.73 Å². The molecule has 2 heteroatoms. The zero-order valence-corrected chi connectivity index (χ0v) is 10.2. The summed E-state index contributed by atoms with van der Waals surface area (Å²) in [7, 11) is 0. The van der Waals surface area contributed by atoms with Gasteiger partial charge in [-0.2, -0.15) is 0 Å². The Kier molecular flexibility index (Phi) is 7.03. The van der Waals surface area contributed by atoms with Gasteiger partial charge in [0.15, 0.2) is 0 Å². The summed E-state index contributed by atoms with van der Waals surface area (Å²) < 4.78 is 5.86. The molecule has 0 amide bonds. The first-order valence-electron chi connectivity index (χ1n) is 6.70. The maximum absolute atomic E-state index is 5.86. The second kappa shape index (κ2) is 8.12.